The second-order valence-electron chi connectivity index (χ2n) is 12.2. The molecular weight excluding hydrogens is 527 g/mol. The number of aliphatic hydroxyl groups excluding tert-OH is 1. The maximum absolute atomic E-state index is 12.7. The van der Waals surface area contributed by atoms with Crippen molar-refractivity contribution in [3.63, 3.8) is 0 Å². The van der Waals surface area contributed by atoms with Crippen molar-refractivity contribution in [1.82, 2.24) is 5.32 Å². The van der Waals surface area contributed by atoms with Crippen LogP contribution in [0.4, 0.5) is 0 Å². The van der Waals surface area contributed by atoms with Gasteiger partial charge in [0.15, 0.2) is 0 Å². The molecule has 0 aromatic carbocycles. The zero-order chi connectivity index (χ0) is 30.1. The van der Waals surface area contributed by atoms with Crippen molar-refractivity contribution in [2.24, 2.45) is 0 Å². The van der Waals surface area contributed by atoms with Gasteiger partial charge in [-0.3, -0.25) is 13.8 Å². The molecule has 0 aliphatic carbocycles. The van der Waals surface area contributed by atoms with Gasteiger partial charge in [-0.05, 0) is 32.1 Å². The number of carbonyl (C=O) groups excluding carboxylic acids is 1. The minimum atomic E-state index is -4.29. The summed E-state index contributed by atoms with van der Waals surface area (Å²) in [6.07, 6.45) is 22.4. The molecule has 238 valence electrons. The number of hydrogen-bond acceptors (Lipinski definition) is 5. The Morgan fingerprint density at radius 2 is 1.40 bits per heavy atom. The number of quaternary nitrogens is 1. The zero-order valence-corrected chi connectivity index (χ0v) is 27.5. The molecule has 8 nitrogen and oxygen atoms in total. The van der Waals surface area contributed by atoms with E-state index >= 15 is 0 Å². The lowest BCUT2D eigenvalue weighted by atomic mass is 10.0. The van der Waals surface area contributed by atoms with Crippen LogP contribution in [0.5, 0.6) is 0 Å². The fourth-order valence-electron chi connectivity index (χ4n) is 4.34. The molecule has 0 saturated carbocycles. The lowest BCUT2D eigenvalue weighted by Crippen LogP contribution is -2.46. The molecule has 40 heavy (non-hydrogen) atoms. The summed E-state index contributed by atoms with van der Waals surface area (Å²) in [5, 5.41) is 13.7. The Kier molecular flexibility index (Phi) is 24.3. The Morgan fingerprint density at radius 1 is 0.825 bits per heavy atom. The molecule has 3 unspecified atom stereocenters. The van der Waals surface area contributed by atoms with E-state index in [4.69, 9.17) is 9.05 Å². The predicted molar refractivity (Wildman–Crippen MR) is 166 cm³/mol. The number of nitrogens with zero attached hydrogens (tertiary/aromatic N) is 1. The summed E-state index contributed by atoms with van der Waals surface area (Å²) in [6, 6.07) is -0.755. The summed E-state index contributed by atoms with van der Waals surface area (Å²) in [5.41, 5.74) is 0. The number of aliphatic hydroxyl groups is 1. The van der Waals surface area contributed by atoms with Gasteiger partial charge in [0.2, 0.25) is 5.91 Å². The van der Waals surface area contributed by atoms with Crippen molar-refractivity contribution < 1.29 is 32.9 Å². The van der Waals surface area contributed by atoms with Crippen molar-refractivity contribution in [3.8, 4) is 0 Å². The van der Waals surface area contributed by atoms with Gasteiger partial charge in [0.25, 0.3) is 0 Å². The lowest BCUT2D eigenvalue weighted by molar-refractivity contribution is -0.870. The Bertz CT molecular complexity index is 683. The number of phosphoric acid groups is 1. The van der Waals surface area contributed by atoms with Crippen molar-refractivity contribution in [2.75, 3.05) is 40.9 Å². The van der Waals surface area contributed by atoms with Crippen LogP contribution in [0.3, 0.4) is 0 Å². The van der Waals surface area contributed by atoms with Gasteiger partial charge in [-0.2, -0.15) is 0 Å². The Morgan fingerprint density at radius 3 is 2.02 bits per heavy atom. The third kappa shape index (κ3) is 26.2. The molecule has 0 aliphatic heterocycles. The summed E-state index contributed by atoms with van der Waals surface area (Å²) >= 11 is 0. The highest BCUT2D eigenvalue weighted by Gasteiger charge is 2.28. The standard InChI is InChI=1S/C31H63N2O6P/c1-6-8-10-12-14-16-17-19-21-23-25-31(35)32-29(28-39-40(36,37)38-27-26-33(3,4)5)30(34)24-22-20-18-15-13-11-9-7-2/h10,12,29-30,34H,6-9,11,13-28H2,1-5H3,(H-,32,35,36,37)/p+1/b12-10-. The van der Waals surface area contributed by atoms with Crippen LogP contribution in [0.2, 0.25) is 0 Å². The van der Waals surface area contributed by atoms with Gasteiger partial charge in [-0.1, -0.05) is 103 Å². The van der Waals surface area contributed by atoms with E-state index in [1.807, 2.05) is 21.1 Å². The molecule has 0 radical (unpaired) electrons. The molecule has 9 heteroatoms. The molecule has 0 fully saturated rings. The lowest BCUT2D eigenvalue weighted by Gasteiger charge is -2.26. The van der Waals surface area contributed by atoms with Gasteiger partial charge >= 0.3 is 7.82 Å². The van der Waals surface area contributed by atoms with Crippen LogP contribution in [0.15, 0.2) is 12.2 Å². The molecule has 3 atom stereocenters. The second-order valence-corrected chi connectivity index (χ2v) is 13.6. The van der Waals surface area contributed by atoms with E-state index in [1.54, 1.807) is 0 Å². The predicted octanol–water partition coefficient (Wildman–Crippen LogP) is 7.29. The summed E-state index contributed by atoms with van der Waals surface area (Å²) < 4.78 is 23.3. The molecule has 0 saturated heterocycles. The number of rotatable bonds is 28. The maximum Gasteiger partial charge on any atom is 0.472 e. The van der Waals surface area contributed by atoms with Gasteiger partial charge in [-0.25, -0.2) is 4.57 Å². The number of amides is 1. The summed E-state index contributed by atoms with van der Waals surface area (Å²) in [4.78, 5) is 22.8. The first kappa shape index (κ1) is 39.2. The monoisotopic (exact) mass is 591 g/mol. The molecule has 0 bridgehead atoms. The number of unbranched alkanes of at least 4 members (excludes halogenated alkanes) is 13. The average molecular weight is 592 g/mol. The van der Waals surface area contributed by atoms with E-state index < -0.39 is 20.0 Å². The number of hydrogen-bond donors (Lipinski definition) is 3. The smallest absolute Gasteiger partial charge is 0.391 e. The number of carbonyl (C=O) groups is 1. The van der Waals surface area contributed by atoms with Crippen molar-refractivity contribution in [2.45, 2.75) is 142 Å². The first-order chi connectivity index (χ1) is 19.0. The van der Waals surface area contributed by atoms with E-state index in [1.165, 1.54) is 44.9 Å². The van der Waals surface area contributed by atoms with Crippen LogP contribution in [0.25, 0.3) is 0 Å². The fourth-order valence-corrected chi connectivity index (χ4v) is 5.07. The number of allylic oxidation sites excluding steroid dienone is 2. The molecule has 3 N–H and O–H groups in total. The number of nitrogens with one attached hydrogen (secondary N) is 1. The number of likely N-dealkylation sites (N-methyl/N-ethyl adjacent to an activating group) is 1. The first-order valence-corrected chi connectivity index (χ1v) is 17.5. The van der Waals surface area contributed by atoms with E-state index in [0.29, 0.717) is 23.9 Å². The van der Waals surface area contributed by atoms with Crippen molar-refractivity contribution >= 4 is 13.7 Å². The van der Waals surface area contributed by atoms with E-state index in [-0.39, 0.29) is 19.1 Å². The fraction of sp³-hybridized carbons (Fsp3) is 0.903. The van der Waals surface area contributed by atoms with Crippen LogP contribution >= 0.6 is 7.82 Å². The third-order valence-electron chi connectivity index (χ3n) is 6.99. The van der Waals surface area contributed by atoms with Crippen LogP contribution in [-0.2, 0) is 18.4 Å². The van der Waals surface area contributed by atoms with Crippen molar-refractivity contribution in [3.05, 3.63) is 12.2 Å². The highest BCUT2D eigenvalue weighted by molar-refractivity contribution is 7.47. The summed E-state index contributed by atoms with van der Waals surface area (Å²) in [7, 11) is 1.60. The molecule has 0 aromatic heterocycles. The van der Waals surface area contributed by atoms with Crippen LogP contribution in [-0.4, -0.2) is 73.4 Å². The third-order valence-corrected chi connectivity index (χ3v) is 7.98. The van der Waals surface area contributed by atoms with Gasteiger partial charge in [0.1, 0.15) is 13.2 Å². The topological polar surface area (TPSA) is 105 Å². The SMILES string of the molecule is CCC/C=C\CCCCCCCC(=O)NC(COP(=O)(O)OCC[N+](C)(C)C)C(O)CCCCCCCCCC. The Labute approximate surface area is 246 Å². The van der Waals surface area contributed by atoms with Crippen LogP contribution in [0, 0.1) is 0 Å². The molecular formula is C31H64N2O6P+. The maximum atomic E-state index is 12.7. The van der Waals surface area contributed by atoms with Gasteiger partial charge in [0.05, 0.1) is 39.9 Å². The quantitative estimate of drug-likeness (QED) is 0.0382. The van der Waals surface area contributed by atoms with Gasteiger partial charge < -0.3 is 19.8 Å². The van der Waals surface area contributed by atoms with E-state index in [0.717, 1.165) is 57.8 Å². The molecule has 0 spiro atoms. The first-order valence-electron chi connectivity index (χ1n) is 16.1. The van der Waals surface area contributed by atoms with Gasteiger partial charge in [0, 0.05) is 6.42 Å². The molecule has 1 amide bonds. The van der Waals surface area contributed by atoms with Crippen molar-refractivity contribution in [1.29, 1.82) is 0 Å². The van der Waals surface area contributed by atoms with E-state index in [2.05, 4.69) is 31.3 Å². The highest BCUT2D eigenvalue weighted by Crippen LogP contribution is 2.43. The largest absolute Gasteiger partial charge is 0.472 e. The second kappa shape index (κ2) is 24.8. The minimum absolute atomic E-state index is 0.0736. The summed E-state index contributed by atoms with van der Waals surface area (Å²) in [6.45, 7) is 4.74. The van der Waals surface area contributed by atoms with Crippen LogP contribution < -0.4 is 5.32 Å². The van der Waals surface area contributed by atoms with Gasteiger partial charge in [-0.15, -0.1) is 0 Å². The molecule has 0 aliphatic rings. The summed E-state index contributed by atoms with van der Waals surface area (Å²) in [5.74, 6) is -0.162. The average Bonchev–Trinajstić information content (AvgIpc) is 2.88. The molecule has 0 aromatic rings. The molecule has 0 rings (SSSR count). The Balaban J connectivity index is 4.58. The number of phosphoric ester groups is 1. The van der Waals surface area contributed by atoms with Crippen LogP contribution in [0.1, 0.15) is 129 Å². The highest BCUT2D eigenvalue weighted by atomic mass is 31.2. The van der Waals surface area contributed by atoms with E-state index in [9.17, 15) is 19.4 Å². The normalized spacial score (nSPS) is 15.3. The molecule has 0 heterocycles. The minimum Gasteiger partial charge on any atom is -0.391 e. The zero-order valence-electron chi connectivity index (χ0n) is 26.6. The Hall–Kier alpha value is -0.760.